The molecule has 0 unspecified atom stereocenters. The van der Waals surface area contributed by atoms with Crippen LogP contribution in [0, 0.1) is 6.92 Å². The van der Waals surface area contributed by atoms with Gasteiger partial charge in [-0.05, 0) is 32.9 Å². The van der Waals surface area contributed by atoms with Crippen molar-refractivity contribution < 1.29 is 42.3 Å². The number of nitrogens with one attached hydrogen (secondary N) is 2. The van der Waals surface area contributed by atoms with Gasteiger partial charge in [0.15, 0.2) is 18.2 Å². The number of hydrogen-bond donors (Lipinski definition) is 2. The lowest BCUT2D eigenvalue weighted by molar-refractivity contribution is -0.147. The largest absolute Gasteiger partial charge is 0.462 e. The lowest BCUT2D eigenvalue weighted by atomic mass is 10.1. The van der Waals surface area contributed by atoms with Crippen LogP contribution < -0.4 is 10.6 Å². The lowest BCUT2D eigenvalue weighted by Crippen LogP contribution is -2.27. The van der Waals surface area contributed by atoms with Gasteiger partial charge in [-0.1, -0.05) is 0 Å². The van der Waals surface area contributed by atoms with E-state index in [-0.39, 0.29) is 48.1 Å². The lowest BCUT2D eigenvalue weighted by Gasteiger charge is -2.07. The Morgan fingerprint density at radius 1 is 1.10 bits per heavy atom. The smallest absolute Gasteiger partial charge is 0.344 e. The summed E-state index contributed by atoms with van der Waals surface area (Å²) in [6.45, 7) is 3.68. The van der Waals surface area contributed by atoms with Crippen molar-refractivity contribution >= 4 is 35.4 Å². The molecule has 0 spiro atoms. The van der Waals surface area contributed by atoms with E-state index >= 15 is 0 Å². The van der Waals surface area contributed by atoms with Gasteiger partial charge in [-0.25, -0.2) is 4.79 Å². The van der Waals surface area contributed by atoms with Gasteiger partial charge in [0, 0.05) is 6.54 Å². The average molecular weight is 434 g/mol. The molecule has 2 aromatic rings. The topological polar surface area (TPSA) is 154 Å². The molecule has 0 aromatic carbocycles. The highest BCUT2D eigenvalue weighted by atomic mass is 16.5. The maximum absolute atomic E-state index is 12.2. The van der Waals surface area contributed by atoms with Gasteiger partial charge in [-0.2, -0.15) is 0 Å². The van der Waals surface area contributed by atoms with Gasteiger partial charge in [-0.3, -0.25) is 24.5 Å². The molecule has 0 aliphatic carbocycles. The second-order valence-electron chi connectivity index (χ2n) is 6.21. The highest BCUT2D eigenvalue weighted by Gasteiger charge is 2.28. The Kier molecular flexibility index (Phi) is 8.12. The summed E-state index contributed by atoms with van der Waals surface area (Å²) in [5.41, 5.74) is -0.204. The molecule has 166 valence electrons. The number of carbonyl (C=O) groups is 5. The molecule has 2 heterocycles. The first-order valence-corrected chi connectivity index (χ1v) is 9.33. The van der Waals surface area contributed by atoms with Crippen molar-refractivity contribution in [3.8, 4) is 0 Å². The Labute approximate surface area is 177 Å². The Balaban J connectivity index is 1.88. The zero-order valence-electron chi connectivity index (χ0n) is 17.2. The van der Waals surface area contributed by atoms with Crippen LogP contribution in [0.4, 0.5) is 5.88 Å². The maximum atomic E-state index is 12.2. The van der Waals surface area contributed by atoms with Crippen LogP contribution in [0.2, 0.25) is 0 Å². The zero-order valence-corrected chi connectivity index (χ0v) is 17.2. The van der Waals surface area contributed by atoms with Crippen LogP contribution in [-0.2, 0) is 19.1 Å². The summed E-state index contributed by atoms with van der Waals surface area (Å²) in [5, 5.41) is 4.76. The van der Waals surface area contributed by atoms with Crippen molar-refractivity contribution in [1.29, 1.82) is 0 Å². The van der Waals surface area contributed by atoms with Crippen LogP contribution in [-0.4, -0.2) is 49.3 Å². The van der Waals surface area contributed by atoms with E-state index in [4.69, 9.17) is 18.3 Å². The minimum atomic E-state index is -0.829. The molecule has 0 radical (unpaired) electrons. The van der Waals surface area contributed by atoms with Gasteiger partial charge in [0.2, 0.25) is 5.88 Å². The summed E-state index contributed by atoms with van der Waals surface area (Å²) in [6.07, 6.45) is 1.16. The molecule has 11 nitrogen and oxygen atoms in total. The Morgan fingerprint density at radius 3 is 2.45 bits per heavy atom. The average Bonchev–Trinajstić information content (AvgIpc) is 3.34. The second kappa shape index (κ2) is 10.8. The van der Waals surface area contributed by atoms with E-state index in [1.54, 1.807) is 13.0 Å². The maximum Gasteiger partial charge on any atom is 0.344 e. The van der Waals surface area contributed by atoms with Crippen molar-refractivity contribution in [2.75, 3.05) is 25.1 Å². The molecule has 2 amide bonds. The highest BCUT2D eigenvalue weighted by Crippen LogP contribution is 2.28. The summed E-state index contributed by atoms with van der Waals surface area (Å²) in [5.74, 6) is -3.32. The predicted molar refractivity (Wildman–Crippen MR) is 105 cm³/mol. The number of amides is 2. The summed E-state index contributed by atoms with van der Waals surface area (Å²) >= 11 is 0. The molecule has 11 heteroatoms. The monoisotopic (exact) mass is 434 g/mol. The first kappa shape index (κ1) is 23.4. The van der Waals surface area contributed by atoms with Gasteiger partial charge in [-0.15, -0.1) is 0 Å². The number of furan rings is 2. The standard InChI is InChI=1S/C20H22N2O9/c1-4-28-20(27)17-16(11(2)23)12(3)31-19(17)22-14(24)10-30-15(25)7-8-21-18(26)13-6-5-9-29-13/h5-6,9H,4,7-8,10H2,1-3H3,(H,21,26)(H,22,24). The van der Waals surface area contributed by atoms with Crippen molar-refractivity contribution in [3.63, 3.8) is 0 Å². The van der Waals surface area contributed by atoms with E-state index in [1.807, 2.05) is 0 Å². The molecule has 31 heavy (non-hydrogen) atoms. The number of esters is 2. The van der Waals surface area contributed by atoms with Gasteiger partial charge in [0.25, 0.3) is 11.8 Å². The van der Waals surface area contributed by atoms with Gasteiger partial charge < -0.3 is 23.6 Å². The van der Waals surface area contributed by atoms with E-state index < -0.39 is 36.1 Å². The van der Waals surface area contributed by atoms with E-state index in [0.717, 1.165) is 0 Å². The summed E-state index contributed by atoms with van der Waals surface area (Å²) in [7, 11) is 0. The number of ether oxygens (including phenoxy) is 2. The molecule has 0 saturated carbocycles. The third kappa shape index (κ3) is 6.29. The van der Waals surface area contributed by atoms with Crippen LogP contribution in [0.3, 0.4) is 0 Å². The van der Waals surface area contributed by atoms with E-state index in [9.17, 15) is 24.0 Å². The minimum Gasteiger partial charge on any atom is -0.462 e. The number of Topliss-reactive ketones (excluding diaryl/α,β-unsaturated/α-hetero) is 1. The highest BCUT2D eigenvalue weighted by molar-refractivity contribution is 6.10. The molecular weight excluding hydrogens is 412 g/mol. The summed E-state index contributed by atoms with van der Waals surface area (Å²) in [6, 6.07) is 3.02. The van der Waals surface area contributed by atoms with Crippen LogP contribution in [0.15, 0.2) is 27.2 Å². The number of carbonyl (C=O) groups excluding carboxylic acids is 5. The summed E-state index contributed by atoms with van der Waals surface area (Å²) in [4.78, 5) is 59.6. The van der Waals surface area contributed by atoms with Crippen molar-refractivity contribution in [2.45, 2.75) is 27.2 Å². The Morgan fingerprint density at radius 2 is 1.84 bits per heavy atom. The molecule has 0 aliphatic heterocycles. The number of anilines is 1. The van der Waals surface area contributed by atoms with E-state index in [2.05, 4.69) is 10.6 Å². The fourth-order valence-electron chi connectivity index (χ4n) is 2.61. The molecule has 2 N–H and O–H groups in total. The number of hydrogen-bond acceptors (Lipinski definition) is 9. The first-order valence-electron chi connectivity index (χ1n) is 9.33. The molecule has 0 aliphatic rings. The fraction of sp³-hybridized carbons (Fsp3) is 0.350. The Hall–Kier alpha value is -3.89. The second-order valence-corrected chi connectivity index (χ2v) is 6.21. The third-order valence-electron chi connectivity index (χ3n) is 3.89. The van der Waals surface area contributed by atoms with Gasteiger partial charge in [0.1, 0.15) is 11.3 Å². The first-order chi connectivity index (χ1) is 14.7. The predicted octanol–water partition coefficient (Wildman–Crippen LogP) is 1.86. The quantitative estimate of drug-likeness (QED) is 0.421. The SMILES string of the molecule is CCOC(=O)c1c(NC(=O)COC(=O)CCNC(=O)c2ccco2)oc(C)c1C(C)=O. The van der Waals surface area contributed by atoms with Crippen LogP contribution in [0.25, 0.3) is 0 Å². The molecule has 0 bridgehead atoms. The molecule has 2 aromatic heterocycles. The van der Waals surface area contributed by atoms with Crippen molar-refractivity contribution in [3.05, 3.63) is 41.0 Å². The van der Waals surface area contributed by atoms with Gasteiger partial charge >= 0.3 is 11.9 Å². The number of ketones is 1. The minimum absolute atomic E-state index is 0.00181. The third-order valence-corrected chi connectivity index (χ3v) is 3.89. The van der Waals surface area contributed by atoms with E-state index in [0.29, 0.717) is 0 Å². The van der Waals surface area contributed by atoms with Gasteiger partial charge in [0.05, 0.1) is 24.9 Å². The number of rotatable bonds is 10. The Bertz CT molecular complexity index is 973. The van der Waals surface area contributed by atoms with Crippen LogP contribution in [0.1, 0.15) is 57.3 Å². The molecular formula is C20H22N2O9. The zero-order chi connectivity index (χ0) is 23.0. The van der Waals surface area contributed by atoms with E-state index in [1.165, 1.54) is 26.2 Å². The molecule has 0 atom stereocenters. The normalized spacial score (nSPS) is 10.3. The van der Waals surface area contributed by atoms with Crippen LogP contribution in [0.5, 0.6) is 0 Å². The van der Waals surface area contributed by atoms with Crippen LogP contribution >= 0.6 is 0 Å². The molecule has 2 rings (SSSR count). The summed E-state index contributed by atoms with van der Waals surface area (Å²) < 4.78 is 20.0. The molecule has 0 fully saturated rings. The fourth-order valence-corrected chi connectivity index (χ4v) is 2.61. The van der Waals surface area contributed by atoms with Crippen molar-refractivity contribution in [1.82, 2.24) is 5.32 Å². The molecule has 0 saturated heterocycles. The number of aryl methyl sites for hydroxylation is 1. The van der Waals surface area contributed by atoms with Crippen molar-refractivity contribution in [2.24, 2.45) is 0 Å².